The first-order valence-electron chi connectivity index (χ1n) is 14.1. The van der Waals surface area contributed by atoms with Crippen LogP contribution in [0.2, 0.25) is 5.04 Å². The van der Waals surface area contributed by atoms with Crippen molar-refractivity contribution in [2.75, 3.05) is 6.61 Å². The van der Waals surface area contributed by atoms with Crippen molar-refractivity contribution in [3.05, 3.63) is 135 Å². The monoisotopic (exact) mass is 566 g/mol. The molecule has 5 rings (SSSR count). The summed E-state index contributed by atoms with van der Waals surface area (Å²) in [5.41, 5.74) is 0.720. The van der Waals surface area contributed by atoms with Gasteiger partial charge >= 0.3 is 5.69 Å². The van der Waals surface area contributed by atoms with Gasteiger partial charge in [0.2, 0.25) is 0 Å². The van der Waals surface area contributed by atoms with Gasteiger partial charge < -0.3 is 9.16 Å². The molecule has 0 spiro atoms. The van der Waals surface area contributed by atoms with Crippen molar-refractivity contribution in [3.63, 3.8) is 0 Å². The van der Waals surface area contributed by atoms with E-state index in [1.807, 2.05) is 30.3 Å². The van der Waals surface area contributed by atoms with Crippen LogP contribution in [0.3, 0.4) is 0 Å². The molecule has 7 heteroatoms. The molecular formula is C34H38N2O4Si. The number of hydrogen-bond acceptors (Lipinski definition) is 4. The maximum Gasteiger partial charge on any atom is 0.330 e. The fraction of sp³-hybridized carbons (Fsp3) is 0.294. The topological polar surface area (TPSA) is 73.3 Å². The molecule has 1 aliphatic rings. The maximum atomic E-state index is 12.8. The number of aromatic amines is 1. The Kier molecular flexibility index (Phi) is 8.40. The first kappa shape index (κ1) is 28.7. The van der Waals surface area contributed by atoms with Gasteiger partial charge in [0.1, 0.15) is 6.23 Å². The Bertz CT molecular complexity index is 1550. The normalized spacial score (nSPS) is 19.6. The van der Waals surface area contributed by atoms with Gasteiger partial charge in [0.05, 0.1) is 12.7 Å². The third-order valence-corrected chi connectivity index (χ3v) is 13.0. The highest BCUT2D eigenvalue weighted by Crippen LogP contribution is 2.39. The Balaban J connectivity index is 1.52. The van der Waals surface area contributed by atoms with E-state index in [0.29, 0.717) is 18.6 Å². The van der Waals surface area contributed by atoms with E-state index in [9.17, 15) is 9.59 Å². The van der Waals surface area contributed by atoms with Crippen LogP contribution in [0.15, 0.2) is 113 Å². The summed E-state index contributed by atoms with van der Waals surface area (Å²) in [6.07, 6.45) is 5.64. The summed E-state index contributed by atoms with van der Waals surface area (Å²) in [6, 6.07) is 31.2. The van der Waals surface area contributed by atoms with E-state index in [2.05, 4.69) is 98.6 Å². The van der Waals surface area contributed by atoms with Gasteiger partial charge in [-0.1, -0.05) is 124 Å². The number of H-pyrrole nitrogens is 1. The van der Waals surface area contributed by atoms with Crippen molar-refractivity contribution in [1.29, 1.82) is 0 Å². The Morgan fingerprint density at radius 1 is 0.927 bits per heavy atom. The lowest BCUT2D eigenvalue weighted by Gasteiger charge is -2.43. The van der Waals surface area contributed by atoms with Gasteiger partial charge in [0, 0.05) is 24.1 Å². The standard InChI is InChI=1S/C34H38N2O4Si/c1-25-23-36(33(38)35-32(25)37)31-22-27(21-20-26-14-8-5-9-15-26)30(40-31)24-39-41(34(2,3)4,28-16-10-6-11-17-28)29-18-12-7-13-19-29/h5-21,23,27,30-31H,22,24H2,1-4H3,(H,35,37,38)/t27-,30+,31-/m1/s1. The van der Waals surface area contributed by atoms with Crippen LogP contribution in [0.5, 0.6) is 0 Å². The number of nitrogens with one attached hydrogen (secondary N) is 1. The van der Waals surface area contributed by atoms with E-state index in [1.54, 1.807) is 13.1 Å². The zero-order valence-corrected chi connectivity index (χ0v) is 25.1. The van der Waals surface area contributed by atoms with Crippen molar-refractivity contribution < 1.29 is 9.16 Å². The summed E-state index contributed by atoms with van der Waals surface area (Å²) >= 11 is 0. The molecule has 3 aromatic carbocycles. The predicted molar refractivity (Wildman–Crippen MR) is 167 cm³/mol. The Hall–Kier alpha value is -3.78. The second kappa shape index (κ2) is 12.0. The Morgan fingerprint density at radius 3 is 2.05 bits per heavy atom. The zero-order valence-electron chi connectivity index (χ0n) is 24.1. The fourth-order valence-electron chi connectivity index (χ4n) is 5.85. The number of benzene rings is 3. The van der Waals surface area contributed by atoms with Crippen LogP contribution in [0.25, 0.3) is 6.08 Å². The average Bonchev–Trinajstić information content (AvgIpc) is 3.38. The van der Waals surface area contributed by atoms with E-state index in [4.69, 9.17) is 9.16 Å². The van der Waals surface area contributed by atoms with Gasteiger partial charge in [-0.05, 0) is 27.9 Å². The largest absolute Gasteiger partial charge is 0.405 e. The molecule has 1 aromatic heterocycles. The van der Waals surface area contributed by atoms with Crippen LogP contribution in [-0.2, 0) is 9.16 Å². The molecule has 0 radical (unpaired) electrons. The lowest BCUT2D eigenvalue weighted by molar-refractivity contribution is -0.0263. The van der Waals surface area contributed by atoms with Gasteiger partial charge in [-0.15, -0.1) is 0 Å². The maximum absolute atomic E-state index is 12.8. The molecule has 1 N–H and O–H groups in total. The van der Waals surface area contributed by atoms with Crippen LogP contribution in [0.1, 0.15) is 44.5 Å². The van der Waals surface area contributed by atoms with Crippen molar-refractivity contribution in [2.24, 2.45) is 5.92 Å². The highest BCUT2D eigenvalue weighted by Gasteiger charge is 2.51. The summed E-state index contributed by atoms with van der Waals surface area (Å²) in [7, 11) is -2.78. The highest BCUT2D eigenvalue weighted by atomic mass is 28.4. The summed E-state index contributed by atoms with van der Waals surface area (Å²) in [4.78, 5) is 27.2. The summed E-state index contributed by atoms with van der Waals surface area (Å²) < 4.78 is 15.3. The predicted octanol–water partition coefficient (Wildman–Crippen LogP) is 5.04. The van der Waals surface area contributed by atoms with Crippen LogP contribution >= 0.6 is 0 Å². The third kappa shape index (κ3) is 5.98. The molecule has 41 heavy (non-hydrogen) atoms. The molecule has 1 aliphatic heterocycles. The molecular weight excluding hydrogens is 528 g/mol. The van der Waals surface area contributed by atoms with Crippen LogP contribution in [-0.4, -0.2) is 30.6 Å². The molecule has 0 unspecified atom stereocenters. The van der Waals surface area contributed by atoms with Crippen molar-refractivity contribution in [3.8, 4) is 0 Å². The first-order valence-corrected chi connectivity index (χ1v) is 16.1. The summed E-state index contributed by atoms with van der Waals surface area (Å²) in [5, 5.41) is 2.24. The smallest absolute Gasteiger partial charge is 0.330 e. The molecule has 212 valence electrons. The van der Waals surface area contributed by atoms with Crippen molar-refractivity contribution in [1.82, 2.24) is 9.55 Å². The van der Waals surface area contributed by atoms with E-state index < -0.39 is 20.2 Å². The van der Waals surface area contributed by atoms with Crippen LogP contribution in [0, 0.1) is 12.8 Å². The molecule has 4 aromatic rings. The Labute approximate surface area is 242 Å². The second-order valence-electron chi connectivity index (χ2n) is 11.8. The van der Waals surface area contributed by atoms with Gasteiger partial charge in [-0.3, -0.25) is 14.3 Å². The third-order valence-electron chi connectivity index (χ3n) is 7.96. The van der Waals surface area contributed by atoms with E-state index >= 15 is 0 Å². The SMILES string of the molecule is Cc1cn([C@H]2C[C@@H](C=Cc3ccccc3)[C@H](CO[Si](c3ccccc3)(c3ccccc3)C(C)(C)C)O2)c(=O)[nH]c1=O. The van der Waals surface area contributed by atoms with E-state index in [1.165, 1.54) is 14.9 Å². The zero-order chi connectivity index (χ0) is 29.0. The molecule has 3 atom stereocenters. The molecule has 1 fully saturated rings. The quantitative estimate of drug-likeness (QED) is 0.304. The van der Waals surface area contributed by atoms with Crippen molar-refractivity contribution >= 4 is 24.8 Å². The lowest BCUT2D eigenvalue weighted by atomic mass is 9.99. The van der Waals surface area contributed by atoms with Gasteiger partial charge in [0.25, 0.3) is 13.9 Å². The van der Waals surface area contributed by atoms with Crippen molar-refractivity contribution in [2.45, 2.75) is 51.5 Å². The molecule has 0 bridgehead atoms. The minimum atomic E-state index is -2.78. The van der Waals surface area contributed by atoms with E-state index in [-0.39, 0.29) is 22.6 Å². The molecule has 0 saturated carbocycles. The minimum absolute atomic E-state index is 0.00226. The van der Waals surface area contributed by atoms with Gasteiger partial charge in [0.15, 0.2) is 0 Å². The first-order chi connectivity index (χ1) is 19.7. The number of ether oxygens (including phenoxy) is 1. The number of nitrogens with zero attached hydrogens (tertiary/aromatic N) is 1. The molecule has 0 aliphatic carbocycles. The number of rotatable bonds is 8. The highest BCUT2D eigenvalue weighted by molar-refractivity contribution is 6.99. The van der Waals surface area contributed by atoms with E-state index in [0.717, 1.165) is 5.56 Å². The second-order valence-corrected chi connectivity index (χ2v) is 16.1. The number of aryl methyl sites for hydroxylation is 1. The van der Waals surface area contributed by atoms with Gasteiger partial charge in [-0.25, -0.2) is 4.79 Å². The fourth-order valence-corrected chi connectivity index (χ4v) is 10.4. The van der Waals surface area contributed by atoms with Crippen LogP contribution in [0.4, 0.5) is 0 Å². The number of aromatic nitrogens is 2. The number of hydrogen-bond donors (Lipinski definition) is 1. The Morgan fingerprint density at radius 2 is 1.49 bits per heavy atom. The molecule has 2 heterocycles. The molecule has 0 amide bonds. The lowest BCUT2D eigenvalue weighted by Crippen LogP contribution is -2.67. The van der Waals surface area contributed by atoms with Gasteiger partial charge in [-0.2, -0.15) is 0 Å². The molecule has 1 saturated heterocycles. The summed E-state index contributed by atoms with van der Waals surface area (Å²) in [6.45, 7) is 8.83. The summed E-state index contributed by atoms with van der Waals surface area (Å²) in [5.74, 6) is -0.00226. The van der Waals surface area contributed by atoms with Crippen LogP contribution < -0.4 is 21.6 Å². The minimum Gasteiger partial charge on any atom is -0.405 e. The molecule has 6 nitrogen and oxygen atoms in total. The average molecular weight is 567 g/mol.